The number of imide groups is 1. The summed E-state index contributed by atoms with van der Waals surface area (Å²) in [6, 6.07) is 0. The number of hydrogen-bond acceptors (Lipinski definition) is 4. The Bertz CT molecular complexity index is 390. The van der Waals surface area contributed by atoms with Crippen molar-refractivity contribution in [3.63, 3.8) is 0 Å². The SMILES string of the molecule is O=C1C2C3C=CC(C3)C2C(=O)N1CCCOCCO. The second-order valence-electron chi connectivity index (χ2n) is 5.52. The average molecular weight is 265 g/mol. The summed E-state index contributed by atoms with van der Waals surface area (Å²) in [6.45, 7) is 1.22. The van der Waals surface area contributed by atoms with E-state index >= 15 is 0 Å². The molecule has 1 saturated carbocycles. The number of fused-ring (bicyclic) bond motifs is 5. The maximum atomic E-state index is 12.3. The first-order valence-electron chi connectivity index (χ1n) is 6.96. The molecular weight excluding hydrogens is 246 g/mol. The molecule has 1 aliphatic heterocycles. The van der Waals surface area contributed by atoms with Gasteiger partial charge in [0.05, 0.1) is 25.0 Å². The smallest absolute Gasteiger partial charge is 0.233 e. The Hall–Kier alpha value is -1.20. The standard InChI is InChI=1S/C14H19NO4/c16-5-7-19-6-1-4-15-13(17)11-9-2-3-10(8-9)12(11)14(15)18/h2-3,9-12,16H,1,4-8H2. The number of carbonyl (C=O) groups excluding carboxylic acids is 2. The number of rotatable bonds is 6. The van der Waals surface area contributed by atoms with Gasteiger partial charge in [0.1, 0.15) is 0 Å². The Labute approximate surface area is 112 Å². The quantitative estimate of drug-likeness (QED) is 0.423. The zero-order valence-electron chi connectivity index (χ0n) is 10.8. The van der Waals surface area contributed by atoms with Crippen LogP contribution in [-0.2, 0) is 14.3 Å². The summed E-state index contributed by atoms with van der Waals surface area (Å²) in [4.78, 5) is 26.0. The average Bonchev–Trinajstić information content (AvgIpc) is 3.06. The van der Waals surface area contributed by atoms with Gasteiger partial charge in [0, 0.05) is 13.2 Å². The molecule has 3 rings (SSSR count). The van der Waals surface area contributed by atoms with Crippen LogP contribution in [0.5, 0.6) is 0 Å². The topological polar surface area (TPSA) is 66.8 Å². The van der Waals surface area contributed by atoms with E-state index < -0.39 is 0 Å². The van der Waals surface area contributed by atoms with Crippen molar-refractivity contribution in [2.24, 2.45) is 23.7 Å². The predicted octanol–water partition coefficient (Wildman–Crippen LogP) is 0.192. The van der Waals surface area contributed by atoms with Crippen molar-refractivity contribution in [3.8, 4) is 0 Å². The molecule has 3 aliphatic rings. The highest BCUT2D eigenvalue weighted by molar-refractivity contribution is 6.06. The first-order valence-corrected chi connectivity index (χ1v) is 6.96. The van der Waals surface area contributed by atoms with Crippen LogP contribution in [0.4, 0.5) is 0 Å². The van der Waals surface area contributed by atoms with Gasteiger partial charge in [-0.25, -0.2) is 0 Å². The first-order chi connectivity index (χ1) is 9.24. The van der Waals surface area contributed by atoms with Crippen LogP contribution in [0.3, 0.4) is 0 Å². The number of nitrogens with zero attached hydrogens (tertiary/aromatic N) is 1. The Morgan fingerprint density at radius 1 is 1.16 bits per heavy atom. The lowest BCUT2D eigenvalue weighted by molar-refractivity contribution is -0.140. The number of carbonyl (C=O) groups is 2. The van der Waals surface area contributed by atoms with Crippen molar-refractivity contribution in [3.05, 3.63) is 12.2 Å². The molecule has 1 heterocycles. The van der Waals surface area contributed by atoms with E-state index in [9.17, 15) is 9.59 Å². The zero-order chi connectivity index (χ0) is 13.4. The molecule has 5 nitrogen and oxygen atoms in total. The molecule has 2 aliphatic carbocycles. The molecule has 2 bridgehead atoms. The molecule has 1 N–H and O–H groups in total. The first kappa shape index (κ1) is 12.8. The van der Waals surface area contributed by atoms with Crippen LogP contribution in [0.2, 0.25) is 0 Å². The van der Waals surface area contributed by atoms with Crippen molar-refractivity contribution >= 4 is 11.8 Å². The van der Waals surface area contributed by atoms with Crippen LogP contribution < -0.4 is 0 Å². The number of allylic oxidation sites excluding steroid dienone is 2. The molecule has 0 aromatic rings. The van der Waals surface area contributed by atoms with Crippen LogP contribution in [0, 0.1) is 23.7 Å². The van der Waals surface area contributed by atoms with Crippen LogP contribution in [-0.4, -0.2) is 48.2 Å². The molecule has 0 radical (unpaired) electrons. The van der Waals surface area contributed by atoms with Gasteiger partial charge in [-0.15, -0.1) is 0 Å². The molecule has 19 heavy (non-hydrogen) atoms. The van der Waals surface area contributed by atoms with Crippen LogP contribution in [0.1, 0.15) is 12.8 Å². The van der Waals surface area contributed by atoms with E-state index in [-0.39, 0.29) is 42.1 Å². The van der Waals surface area contributed by atoms with Crippen LogP contribution >= 0.6 is 0 Å². The third-order valence-electron chi connectivity index (χ3n) is 4.47. The number of hydrogen-bond donors (Lipinski definition) is 1. The fraction of sp³-hybridized carbons (Fsp3) is 0.714. The Morgan fingerprint density at radius 3 is 2.37 bits per heavy atom. The third-order valence-corrected chi connectivity index (χ3v) is 4.47. The van der Waals surface area contributed by atoms with Gasteiger partial charge in [-0.05, 0) is 24.7 Å². The van der Waals surface area contributed by atoms with Crippen molar-refractivity contribution in [1.82, 2.24) is 4.90 Å². The number of ether oxygens (including phenoxy) is 1. The van der Waals surface area contributed by atoms with E-state index in [1.165, 1.54) is 4.90 Å². The van der Waals surface area contributed by atoms with E-state index in [1.807, 2.05) is 0 Å². The molecule has 0 spiro atoms. The van der Waals surface area contributed by atoms with Gasteiger partial charge in [0.15, 0.2) is 0 Å². The monoisotopic (exact) mass is 265 g/mol. The Kier molecular flexibility index (Phi) is 3.41. The maximum absolute atomic E-state index is 12.3. The summed E-state index contributed by atoms with van der Waals surface area (Å²) in [5.41, 5.74) is 0. The lowest BCUT2D eigenvalue weighted by Gasteiger charge is -2.16. The fourth-order valence-corrected chi connectivity index (χ4v) is 3.68. The molecule has 5 heteroatoms. The minimum atomic E-state index is -0.0964. The summed E-state index contributed by atoms with van der Waals surface area (Å²) in [5, 5.41) is 8.58. The van der Waals surface area contributed by atoms with Gasteiger partial charge in [-0.2, -0.15) is 0 Å². The highest BCUT2D eigenvalue weighted by Gasteiger charge is 2.58. The van der Waals surface area contributed by atoms with E-state index in [1.54, 1.807) is 0 Å². The zero-order valence-corrected chi connectivity index (χ0v) is 10.8. The minimum Gasteiger partial charge on any atom is -0.394 e. The molecule has 104 valence electrons. The second kappa shape index (κ2) is 5.06. The van der Waals surface area contributed by atoms with E-state index in [0.717, 1.165) is 6.42 Å². The van der Waals surface area contributed by atoms with Crippen LogP contribution in [0.25, 0.3) is 0 Å². The largest absolute Gasteiger partial charge is 0.394 e. The summed E-state index contributed by atoms with van der Waals surface area (Å²) >= 11 is 0. The molecule has 2 fully saturated rings. The van der Waals surface area contributed by atoms with Gasteiger partial charge in [-0.1, -0.05) is 12.2 Å². The lowest BCUT2D eigenvalue weighted by Crippen LogP contribution is -2.34. The molecule has 4 unspecified atom stereocenters. The predicted molar refractivity (Wildman–Crippen MR) is 67.0 cm³/mol. The highest BCUT2D eigenvalue weighted by Crippen LogP contribution is 2.52. The van der Waals surface area contributed by atoms with Gasteiger partial charge in [0.25, 0.3) is 0 Å². The summed E-state index contributed by atoms with van der Waals surface area (Å²) in [7, 11) is 0. The molecule has 2 amide bonds. The van der Waals surface area contributed by atoms with Crippen molar-refractivity contribution in [2.75, 3.05) is 26.4 Å². The third kappa shape index (κ3) is 2.01. The Balaban J connectivity index is 1.57. The molecular formula is C14H19NO4. The number of aliphatic hydroxyl groups excluding tert-OH is 1. The van der Waals surface area contributed by atoms with Gasteiger partial charge >= 0.3 is 0 Å². The number of aliphatic hydroxyl groups is 1. The summed E-state index contributed by atoms with van der Waals surface area (Å²) < 4.78 is 5.15. The van der Waals surface area contributed by atoms with Crippen molar-refractivity contribution in [1.29, 1.82) is 0 Å². The fourth-order valence-electron chi connectivity index (χ4n) is 3.68. The Morgan fingerprint density at radius 2 is 1.79 bits per heavy atom. The van der Waals surface area contributed by atoms with E-state index in [0.29, 0.717) is 26.2 Å². The van der Waals surface area contributed by atoms with Gasteiger partial charge in [0.2, 0.25) is 11.8 Å². The summed E-state index contributed by atoms with van der Waals surface area (Å²) in [6.07, 6.45) is 5.82. The van der Waals surface area contributed by atoms with Gasteiger partial charge < -0.3 is 9.84 Å². The molecule has 0 aromatic carbocycles. The van der Waals surface area contributed by atoms with Crippen LogP contribution in [0.15, 0.2) is 12.2 Å². The van der Waals surface area contributed by atoms with Crippen molar-refractivity contribution in [2.45, 2.75) is 12.8 Å². The highest BCUT2D eigenvalue weighted by atomic mass is 16.5. The van der Waals surface area contributed by atoms with Gasteiger partial charge in [-0.3, -0.25) is 14.5 Å². The number of amides is 2. The lowest BCUT2D eigenvalue weighted by atomic mass is 9.85. The van der Waals surface area contributed by atoms with Crippen molar-refractivity contribution < 1.29 is 19.4 Å². The summed E-state index contributed by atoms with van der Waals surface area (Å²) in [5.74, 6) is 0.383. The molecule has 4 atom stereocenters. The normalized spacial score (nSPS) is 35.5. The van der Waals surface area contributed by atoms with E-state index in [4.69, 9.17) is 9.84 Å². The number of likely N-dealkylation sites (tertiary alicyclic amines) is 1. The minimum absolute atomic E-state index is 0.000747. The van der Waals surface area contributed by atoms with E-state index in [2.05, 4.69) is 12.2 Å². The molecule has 1 saturated heterocycles. The maximum Gasteiger partial charge on any atom is 0.233 e. The second-order valence-corrected chi connectivity index (χ2v) is 5.52. The molecule has 0 aromatic heterocycles.